The molecule has 0 saturated carbocycles. The van der Waals surface area contributed by atoms with E-state index < -0.39 is 73.7 Å². The highest BCUT2D eigenvalue weighted by atomic mass is 32.7. The van der Waals surface area contributed by atoms with E-state index in [4.69, 9.17) is 29.8 Å². The van der Waals surface area contributed by atoms with Crippen LogP contribution in [0, 0.1) is 0 Å². The summed E-state index contributed by atoms with van der Waals surface area (Å²) < 4.78 is 65.8. The first-order valence-electron chi connectivity index (χ1n) is 13.3. The lowest BCUT2D eigenvalue weighted by atomic mass is 9.99. The normalized spacial score (nSPS) is 29.4. The maximum atomic E-state index is 15.2. The average Bonchev–Trinajstić information content (AvgIpc) is 3.75. The standard InChI is InChI=1S/C21H27FN10O9P2S3/c22-9-1-13(32-8-28-15-18(32)29-20(24)30-19(15)34)46-10(9)3-38-43(37,45)41-11-2-12(40-21(11,4-33)5-39-42(35,36)44)31-7-27-14-16(23)25-6-26-17(14)31/h6-13,33H,1-5H2,(H,37,45)(H2,23,25,26)(H2,35,36,44)(H3,24,29,30,34)/t9-,10-,11+,12-,13-,21?,43?/m1/s1. The van der Waals surface area contributed by atoms with Crippen LogP contribution in [0.15, 0.2) is 23.8 Å². The van der Waals surface area contributed by atoms with E-state index in [1.54, 1.807) is 0 Å². The second kappa shape index (κ2) is 12.6. The minimum atomic E-state index is -4.37. The lowest BCUT2D eigenvalue weighted by molar-refractivity contribution is -0.141. The van der Waals surface area contributed by atoms with Gasteiger partial charge >= 0.3 is 13.6 Å². The number of aromatic amines is 1. The Hall–Kier alpha value is -2.30. The van der Waals surface area contributed by atoms with Crippen molar-refractivity contribution in [1.29, 1.82) is 0 Å². The van der Waals surface area contributed by atoms with Crippen molar-refractivity contribution < 1.29 is 41.8 Å². The number of halogens is 1. The van der Waals surface area contributed by atoms with Gasteiger partial charge in [0.15, 0.2) is 22.6 Å². The zero-order chi connectivity index (χ0) is 33.0. The summed E-state index contributed by atoms with van der Waals surface area (Å²) in [6, 6.07) is 0. The van der Waals surface area contributed by atoms with Crippen LogP contribution in [0.2, 0.25) is 0 Å². The Bertz CT molecular complexity index is 1930. The zero-order valence-corrected chi connectivity index (χ0v) is 27.7. The molecule has 6 heterocycles. The van der Waals surface area contributed by atoms with Crippen molar-refractivity contribution in [3.05, 3.63) is 29.3 Å². The molecule has 7 N–H and O–H groups in total. The Balaban J connectivity index is 1.18. The lowest BCUT2D eigenvalue weighted by Crippen LogP contribution is -2.48. The molecule has 4 aromatic rings. The van der Waals surface area contributed by atoms with Crippen LogP contribution in [0.25, 0.3) is 22.3 Å². The SMILES string of the molecule is Nc1nc2c(ncn2[C@H]2C[C@@H](F)[C@@H](COP(=O)(S)O[C@H]3C[C@H](n4cnc5c(N)ncnc54)OC3(CO)COP(=O)(O)S)S2)c(=O)[nH]1. The number of rotatable bonds is 11. The summed E-state index contributed by atoms with van der Waals surface area (Å²) in [6.45, 7) is -10.6. The Labute approximate surface area is 272 Å². The number of hydrogen-bond acceptors (Lipinski definition) is 16. The quantitative estimate of drug-likeness (QED) is 0.0850. The van der Waals surface area contributed by atoms with Gasteiger partial charge in [0.25, 0.3) is 5.56 Å². The van der Waals surface area contributed by atoms with E-state index in [-0.39, 0.29) is 46.9 Å². The van der Waals surface area contributed by atoms with Gasteiger partial charge < -0.3 is 30.8 Å². The molecular weight excluding hydrogens is 713 g/mol. The molecule has 0 aromatic carbocycles. The third-order valence-electron chi connectivity index (χ3n) is 7.40. The summed E-state index contributed by atoms with van der Waals surface area (Å²) in [7, 11) is 0. The lowest BCUT2D eigenvalue weighted by Gasteiger charge is -2.33. The smallest absolute Gasteiger partial charge is 0.386 e. The highest BCUT2D eigenvalue weighted by Crippen LogP contribution is 2.59. The molecule has 0 radical (unpaired) electrons. The topological polar surface area (TPSA) is 271 Å². The van der Waals surface area contributed by atoms with E-state index in [0.29, 0.717) is 0 Å². The van der Waals surface area contributed by atoms with E-state index in [1.807, 2.05) is 0 Å². The molecule has 0 aliphatic carbocycles. The molecule has 2 aliphatic heterocycles. The molecular formula is C21H27FN10O9P2S3. The van der Waals surface area contributed by atoms with Crippen LogP contribution < -0.4 is 17.0 Å². The van der Waals surface area contributed by atoms with Gasteiger partial charge in [-0.15, -0.1) is 11.8 Å². The molecule has 19 nitrogen and oxygen atoms in total. The van der Waals surface area contributed by atoms with Crippen molar-refractivity contribution in [2.75, 3.05) is 31.3 Å². The Morgan fingerprint density at radius 3 is 2.61 bits per heavy atom. The number of nitrogens with zero attached hydrogens (tertiary/aromatic N) is 7. The van der Waals surface area contributed by atoms with Gasteiger partial charge in [-0.3, -0.25) is 27.9 Å². The number of thioether (sulfide) groups is 1. The summed E-state index contributed by atoms with van der Waals surface area (Å²) in [5.41, 5.74) is 9.91. The molecule has 2 aliphatic rings. The summed E-state index contributed by atoms with van der Waals surface area (Å²) >= 11 is 8.73. The van der Waals surface area contributed by atoms with E-state index in [2.05, 4.69) is 54.4 Å². The predicted molar refractivity (Wildman–Crippen MR) is 169 cm³/mol. The fraction of sp³-hybridized carbons (Fsp3) is 0.524. The first kappa shape index (κ1) is 33.6. The van der Waals surface area contributed by atoms with Gasteiger partial charge in [-0.25, -0.2) is 33.5 Å². The number of H-pyrrole nitrogens is 1. The monoisotopic (exact) mass is 740 g/mol. The van der Waals surface area contributed by atoms with E-state index >= 15 is 4.39 Å². The number of alkyl halides is 1. The number of anilines is 2. The minimum Gasteiger partial charge on any atom is -0.393 e. The first-order valence-corrected chi connectivity index (χ1v) is 19.6. The van der Waals surface area contributed by atoms with Gasteiger partial charge in [0.05, 0.1) is 43.1 Å². The van der Waals surface area contributed by atoms with Gasteiger partial charge in [0, 0.05) is 12.8 Å². The first-order chi connectivity index (χ1) is 21.7. The van der Waals surface area contributed by atoms with Crippen molar-refractivity contribution in [3.63, 3.8) is 0 Å². The minimum absolute atomic E-state index is 0.00273. The number of aliphatic hydroxyl groups excluding tert-OH is 1. The molecule has 0 amide bonds. The van der Waals surface area contributed by atoms with Gasteiger partial charge in [-0.1, -0.05) is 24.5 Å². The van der Waals surface area contributed by atoms with E-state index in [1.165, 1.54) is 28.1 Å². The number of nitrogen functional groups attached to an aromatic ring is 2. The molecule has 0 bridgehead atoms. The molecule has 25 heteroatoms. The van der Waals surface area contributed by atoms with Gasteiger partial charge in [0.1, 0.15) is 35.9 Å². The van der Waals surface area contributed by atoms with Crippen LogP contribution >= 0.6 is 49.9 Å². The number of aromatic nitrogens is 8. The fourth-order valence-electron chi connectivity index (χ4n) is 5.21. The Kier molecular flexibility index (Phi) is 9.22. The second-order valence-corrected chi connectivity index (χ2v) is 17.4. The van der Waals surface area contributed by atoms with Crippen molar-refractivity contribution in [2.45, 2.75) is 47.6 Å². The number of fused-ring (bicyclic) bond motifs is 2. The number of imidazole rings is 2. The van der Waals surface area contributed by atoms with Gasteiger partial charge in [0.2, 0.25) is 5.95 Å². The van der Waals surface area contributed by atoms with E-state index in [0.717, 1.165) is 11.8 Å². The third kappa shape index (κ3) is 6.68. The van der Waals surface area contributed by atoms with Gasteiger partial charge in [-0.2, -0.15) is 4.98 Å². The van der Waals surface area contributed by atoms with Crippen LogP contribution in [0.4, 0.5) is 16.2 Å². The average molecular weight is 741 g/mol. The number of hydrogen-bond donors (Lipinski definition) is 7. The highest BCUT2D eigenvalue weighted by molar-refractivity contribution is 8.44. The molecule has 3 unspecified atom stereocenters. The van der Waals surface area contributed by atoms with Gasteiger partial charge in [-0.05, 0) is 0 Å². The molecule has 6 rings (SSSR count). The number of nitrogens with one attached hydrogen (secondary N) is 1. The zero-order valence-electron chi connectivity index (χ0n) is 23.3. The van der Waals surface area contributed by atoms with Crippen molar-refractivity contribution in [3.8, 4) is 0 Å². The molecule has 46 heavy (non-hydrogen) atoms. The largest absolute Gasteiger partial charge is 0.393 e. The highest BCUT2D eigenvalue weighted by Gasteiger charge is 2.54. The molecule has 8 atom stereocenters. The maximum Gasteiger partial charge on any atom is 0.386 e. The third-order valence-corrected chi connectivity index (χ3v) is 11.4. The fourth-order valence-corrected chi connectivity index (χ4v) is 8.83. The molecule has 2 fully saturated rings. The summed E-state index contributed by atoms with van der Waals surface area (Å²) in [5.74, 6) is -0.0197. The van der Waals surface area contributed by atoms with Crippen LogP contribution in [-0.4, -0.2) is 92.0 Å². The molecule has 4 aromatic heterocycles. The number of aliphatic hydroxyl groups is 1. The van der Waals surface area contributed by atoms with Crippen LogP contribution in [-0.2, 0) is 27.4 Å². The number of nitrogens with two attached hydrogens (primary N) is 2. The van der Waals surface area contributed by atoms with Crippen molar-refractivity contribution in [1.82, 2.24) is 39.0 Å². The maximum absolute atomic E-state index is 15.2. The number of thiol groups is 2. The van der Waals surface area contributed by atoms with Crippen molar-refractivity contribution in [2.24, 2.45) is 0 Å². The summed E-state index contributed by atoms with van der Waals surface area (Å²) in [4.78, 5) is 44.5. The number of ether oxygens (including phenoxy) is 1. The molecule has 0 spiro atoms. The summed E-state index contributed by atoms with van der Waals surface area (Å²) in [6.07, 6.45) is 0.0945. The van der Waals surface area contributed by atoms with Crippen LogP contribution in [0.1, 0.15) is 24.4 Å². The van der Waals surface area contributed by atoms with Crippen LogP contribution in [0.5, 0.6) is 0 Å². The molecule has 250 valence electrons. The van der Waals surface area contributed by atoms with E-state index in [9.17, 15) is 23.9 Å². The second-order valence-electron chi connectivity index (χ2n) is 10.4. The van der Waals surface area contributed by atoms with Crippen molar-refractivity contribution >= 4 is 83.9 Å². The van der Waals surface area contributed by atoms with Crippen LogP contribution in [0.3, 0.4) is 0 Å². The Morgan fingerprint density at radius 1 is 1.13 bits per heavy atom. The predicted octanol–water partition coefficient (Wildman–Crippen LogP) is 1.60. The molecule has 2 saturated heterocycles. The Morgan fingerprint density at radius 2 is 1.87 bits per heavy atom. The summed E-state index contributed by atoms with van der Waals surface area (Å²) in [5, 5.41) is 9.04.